The van der Waals surface area contributed by atoms with Gasteiger partial charge in [-0.25, -0.2) is 4.79 Å². The summed E-state index contributed by atoms with van der Waals surface area (Å²) in [5.41, 5.74) is 1.34. The molecule has 1 aromatic carbocycles. The summed E-state index contributed by atoms with van der Waals surface area (Å²) in [6, 6.07) is 6.87. The van der Waals surface area contributed by atoms with Crippen molar-refractivity contribution in [1.82, 2.24) is 15.1 Å². The van der Waals surface area contributed by atoms with Crippen LogP contribution < -0.4 is 10.6 Å². The lowest BCUT2D eigenvalue weighted by molar-refractivity contribution is -0.137. The number of halogens is 3. The van der Waals surface area contributed by atoms with Crippen LogP contribution in [0.25, 0.3) is 0 Å². The molecule has 1 heterocycles. The summed E-state index contributed by atoms with van der Waals surface area (Å²) < 4.78 is 39.6. The van der Waals surface area contributed by atoms with Gasteiger partial charge in [-0.15, -0.1) is 0 Å². The van der Waals surface area contributed by atoms with Crippen molar-refractivity contribution in [2.75, 3.05) is 5.32 Å². The second-order valence-electron chi connectivity index (χ2n) is 7.45. The van der Waals surface area contributed by atoms with Gasteiger partial charge in [0.25, 0.3) is 0 Å². The fourth-order valence-corrected chi connectivity index (χ4v) is 3.41. The Labute approximate surface area is 154 Å². The highest BCUT2D eigenvalue weighted by Crippen LogP contribution is 2.40. The summed E-state index contributed by atoms with van der Waals surface area (Å²) >= 11 is 0. The first-order chi connectivity index (χ1) is 12.8. The molecule has 2 atom stereocenters. The van der Waals surface area contributed by atoms with E-state index in [-0.39, 0.29) is 18.0 Å². The van der Waals surface area contributed by atoms with Crippen LogP contribution in [-0.4, -0.2) is 21.9 Å². The summed E-state index contributed by atoms with van der Waals surface area (Å²) in [5.74, 6) is 1.34. The average Bonchev–Trinajstić information content (AvgIpc) is 3.50. The zero-order valence-electron chi connectivity index (χ0n) is 14.9. The summed E-state index contributed by atoms with van der Waals surface area (Å²) in [6.07, 6.45) is -0.509. The number of hydrogen-bond donors (Lipinski definition) is 2. The lowest BCUT2D eigenvalue weighted by Crippen LogP contribution is -2.31. The van der Waals surface area contributed by atoms with Crippen LogP contribution in [-0.2, 0) is 19.6 Å². The van der Waals surface area contributed by atoms with Gasteiger partial charge in [-0.3, -0.25) is 10.00 Å². The van der Waals surface area contributed by atoms with Crippen LogP contribution in [0.15, 0.2) is 30.3 Å². The molecular formula is C19H21F3N4O. The molecule has 5 nitrogen and oxygen atoms in total. The van der Waals surface area contributed by atoms with Gasteiger partial charge in [-0.2, -0.15) is 18.3 Å². The minimum Gasteiger partial charge on any atom is -0.335 e. The number of carbonyl (C=O) groups excluding carboxylic acids is 1. The van der Waals surface area contributed by atoms with E-state index < -0.39 is 11.7 Å². The molecule has 0 spiro atoms. The van der Waals surface area contributed by atoms with E-state index in [2.05, 4.69) is 15.7 Å². The maximum atomic E-state index is 12.6. The fourth-order valence-electron chi connectivity index (χ4n) is 3.41. The third-order valence-corrected chi connectivity index (χ3v) is 5.17. The Bertz CT molecular complexity index is 840. The number of urea groups is 1. The molecule has 0 radical (unpaired) electrons. The Morgan fingerprint density at radius 2 is 1.96 bits per heavy atom. The van der Waals surface area contributed by atoms with Crippen molar-refractivity contribution >= 4 is 11.8 Å². The molecule has 2 unspecified atom stereocenters. The van der Waals surface area contributed by atoms with Gasteiger partial charge in [0, 0.05) is 30.8 Å². The number of anilines is 1. The Hall–Kier alpha value is -2.51. The van der Waals surface area contributed by atoms with E-state index in [1.54, 1.807) is 4.68 Å². The maximum Gasteiger partial charge on any atom is 0.416 e. The van der Waals surface area contributed by atoms with Crippen LogP contribution in [0.3, 0.4) is 0 Å². The van der Waals surface area contributed by atoms with E-state index >= 15 is 0 Å². The van der Waals surface area contributed by atoms with E-state index in [0.29, 0.717) is 18.2 Å². The number of amides is 2. The van der Waals surface area contributed by atoms with Crippen molar-refractivity contribution < 1.29 is 18.0 Å². The van der Waals surface area contributed by atoms with Crippen molar-refractivity contribution in [3.8, 4) is 0 Å². The van der Waals surface area contributed by atoms with Gasteiger partial charge in [0.05, 0.1) is 5.56 Å². The predicted octanol–water partition coefficient (Wildman–Crippen LogP) is 4.07. The Morgan fingerprint density at radius 1 is 1.26 bits per heavy atom. The predicted molar refractivity (Wildman–Crippen MR) is 94.4 cm³/mol. The number of alkyl halides is 3. The second kappa shape index (κ2) is 6.58. The number of aryl methyl sites for hydroxylation is 1. The molecule has 2 aliphatic carbocycles. The van der Waals surface area contributed by atoms with Gasteiger partial charge < -0.3 is 5.32 Å². The molecule has 0 bridgehead atoms. The van der Waals surface area contributed by atoms with Crippen molar-refractivity contribution in [3.05, 3.63) is 47.2 Å². The molecule has 2 aromatic rings. The lowest BCUT2D eigenvalue weighted by Gasteiger charge is -2.08. The number of benzene rings is 1. The first-order valence-electron chi connectivity index (χ1n) is 9.07. The monoisotopic (exact) mass is 378 g/mol. The third kappa shape index (κ3) is 4.26. The minimum absolute atomic E-state index is 0.0407. The maximum absolute atomic E-state index is 12.6. The number of carbonyl (C=O) groups is 1. The highest BCUT2D eigenvalue weighted by Gasteiger charge is 2.38. The largest absolute Gasteiger partial charge is 0.416 e. The highest BCUT2D eigenvalue weighted by atomic mass is 19.4. The third-order valence-electron chi connectivity index (χ3n) is 5.17. The molecule has 0 saturated heterocycles. The molecular weight excluding hydrogens is 357 g/mol. The van der Waals surface area contributed by atoms with Crippen molar-refractivity contribution in [1.29, 1.82) is 0 Å². The van der Waals surface area contributed by atoms with Gasteiger partial charge in [0.1, 0.15) is 0 Å². The molecule has 2 fully saturated rings. The normalized spacial score (nSPS) is 21.8. The molecule has 8 heteroatoms. The molecule has 144 valence electrons. The standard InChI is InChI=1S/C19H21F3N4O/c1-26-16(12-4-5-12)10-17(25-26)24-18(27)23-15-9-13(15)8-11-2-6-14(7-3-11)19(20,21)22/h2-3,6-7,10,12-13,15H,4-5,8-9H2,1H3,(H2,23,24,25,27). The molecule has 0 aliphatic heterocycles. The molecule has 2 saturated carbocycles. The molecule has 4 rings (SSSR count). The number of aromatic nitrogens is 2. The summed E-state index contributed by atoms with van der Waals surface area (Å²) in [7, 11) is 1.87. The van der Waals surface area contributed by atoms with Crippen molar-refractivity contribution in [2.45, 2.75) is 43.8 Å². The first-order valence-corrected chi connectivity index (χ1v) is 9.07. The van der Waals surface area contributed by atoms with Crippen LogP contribution in [0.4, 0.5) is 23.8 Å². The molecule has 2 N–H and O–H groups in total. The van der Waals surface area contributed by atoms with E-state index in [1.807, 2.05) is 13.1 Å². The first kappa shape index (κ1) is 17.9. The smallest absolute Gasteiger partial charge is 0.335 e. The van der Waals surface area contributed by atoms with Crippen molar-refractivity contribution in [2.24, 2.45) is 13.0 Å². The molecule has 2 amide bonds. The average molecular weight is 378 g/mol. The van der Waals surface area contributed by atoms with Gasteiger partial charge in [0.15, 0.2) is 5.82 Å². The summed E-state index contributed by atoms with van der Waals surface area (Å²) in [5, 5.41) is 9.97. The number of rotatable bonds is 5. The van der Waals surface area contributed by atoms with Crippen LogP contribution >= 0.6 is 0 Å². The zero-order valence-corrected chi connectivity index (χ0v) is 14.9. The number of hydrogen-bond acceptors (Lipinski definition) is 2. The quantitative estimate of drug-likeness (QED) is 0.824. The van der Waals surface area contributed by atoms with Gasteiger partial charge in [-0.05, 0) is 49.3 Å². The van der Waals surface area contributed by atoms with E-state index in [1.165, 1.54) is 25.0 Å². The van der Waals surface area contributed by atoms with Crippen molar-refractivity contribution in [3.63, 3.8) is 0 Å². The summed E-state index contributed by atoms with van der Waals surface area (Å²) in [6.45, 7) is 0. The molecule has 27 heavy (non-hydrogen) atoms. The minimum atomic E-state index is -4.31. The van der Waals surface area contributed by atoms with Gasteiger partial charge in [0.2, 0.25) is 0 Å². The topological polar surface area (TPSA) is 59.0 Å². The van der Waals surface area contributed by atoms with E-state index in [0.717, 1.165) is 29.8 Å². The van der Waals surface area contributed by atoms with Crippen LogP contribution in [0.2, 0.25) is 0 Å². The van der Waals surface area contributed by atoms with Crippen LogP contribution in [0.5, 0.6) is 0 Å². The Morgan fingerprint density at radius 3 is 2.59 bits per heavy atom. The lowest BCUT2D eigenvalue weighted by atomic mass is 10.1. The second-order valence-corrected chi connectivity index (χ2v) is 7.45. The van der Waals surface area contributed by atoms with Gasteiger partial charge in [-0.1, -0.05) is 12.1 Å². The van der Waals surface area contributed by atoms with Crippen LogP contribution in [0.1, 0.15) is 42.0 Å². The molecule has 1 aromatic heterocycles. The highest BCUT2D eigenvalue weighted by molar-refractivity contribution is 5.88. The molecule has 2 aliphatic rings. The Kier molecular flexibility index (Phi) is 4.36. The number of nitrogens with one attached hydrogen (secondary N) is 2. The number of nitrogens with zero attached hydrogens (tertiary/aromatic N) is 2. The SMILES string of the molecule is Cn1nc(NC(=O)NC2CC2Cc2ccc(C(F)(F)F)cc2)cc1C1CC1. The summed E-state index contributed by atoms with van der Waals surface area (Å²) in [4.78, 5) is 12.1. The van der Waals surface area contributed by atoms with Gasteiger partial charge >= 0.3 is 12.2 Å². The fraction of sp³-hybridized carbons (Fsp3) is 0.474. The van der Waals surface area contributed by atoms with Crippen LogP contribution in [0, 0.1) is 5.92 Å². The van der Waals surface area contributed by atoms with E-state index in [9.17, 15) is 18.0 Å². The van der Waals surface area contributed by atoms with E-state index in [4.69, 9.17) is 0 Å². The zero-order chi connectivity index (χ0) is 19.2. The Balaban J connectivity index is 1.25.